The van der Waals surface area contributed by atoms with Gasteiger partial charge >= 0.3 is 6.09 Å². The van der Waals surface area contributed by atoms with E-state index in [1.165, 1.54) is 6.20 Å². The molecule has 0 aromatic carbocycles. The van der Waals surface area contributed by atoms with Gasteiger partial charge in [-0.15, -0.1) is 0 Å². The first kappa shape index (κ1) is 16.6. The van der Waals surface area contributed by atoms with E-state index in [-0.39, 0.29) is 17.2 Å². The van der Waals surface area contributed by atoms with Crippen LogP contribution in [-0.4, -0.2) is 52.5 Å². The number of anilines is 1. The Morgan fingerprint density at radius 2 is 2.14 bits per heavy atom. The highest BCUT2D eigenvalue weighted by Crippen LogP contribution is 2.24. The van der Waals surface area contributed by atoms with E-state index in [9.17, 15) is 9.59 Å². The summed E-state index contributed by atoms with van der Waals surface area (Å²) in [4.78, 5) is 27.4. The van der Waals surface area contributed by atoms with E-state index in [1.54, 1.807) is 4.90 Å². The van der Waals surface area contributed by atoms with Crippen molar-refractivity contribution in [1.29, 1.82) is 0 Å². The van der Waals surface area contributed by atoms with Crippen molar-refractivity contribution in [1.82, 2.24) is 15.1 Å². The molecule has 22 heavy (non-hydrogen) atoms. The van der Waals surface area contributed by atoms with Crippen LogP contribution in [0.2, 0.25) is 5.02 Å². The van der Waals surface area contributed by atoms with Crippen LogP contribution in [0, 0.1) is 0 Å². The lowest BCUT2D eigenvalue weighted by Crippen LogP contribution is -2.55. The highest BCUT2D eigenvalue weighted by atomic mass is 35.5. The maximum atomic E-state index is 12.2. The molecule has 122 valence electrons. The van der Waals surface area contributed by atoms with Crippen LogP contribution in [0.4, 0.5) is 10.5 Å². The summed E-state index contributed by atoms with van der Waals surface area (Å²) >= 11 is 6.03. The first-order valence-corrected chi connectivity index (χ1v) is 7.54. The van der Waals surface area contributed by atoms with Gasteiger partial charge in [0.15, 0.2) is 0 Å². The number of halogens is 1. The summed E-state index contributed by atoms with van der Waals surface area (Å²) in [5.74, 6) is 0. The second-order valence-electron chi connectivity index (χ2n) is 6.37. The lowest BCUT2D eigenvalue weighted by Gasteiger charge is -2.41. The molecule has 1 aromatic heterocycles. The topological polar surface area (TPSA) is 78.5 Å². The molecule has 1 N–H and O–H groups in total. The number of nitrogens with one attached hydrogen (secondary N) is 1. The Labute approximate surface area is 134 Å². The molecule has 2 heterocycles. The maximum Gasteiger partial charge on any atom is 0.410 e. The Hall–Kier alpha value is -1.76. The molecule has 1 amide bonds. The van der Waals surface area contributed by atoms with Crippen molar-refractivity contribution in [3.05, 3.63) is 21.6 Å². The Morgan fingerprint density at radius 1 is 1.45 bits per heavy atom. The van der Waals surface area contributed by atoms with Gasteiger partial charge in [-0.25, -0.2) is 9.89 Å². The summed E-state index contributed by atoms with van der Waals surface area (Å²) in [5, 5.41) is 6.19. The summed E-state index contributed by atoms with van der Waals surface area (Å²) in [6.45, 7) is 9.08. The van der Waals surface area contributed by atoms with Gasteiger partial charge in [-0.3, -0.25) is 4.79 Å². The summed E-state index contributed by atoms with van der Waals surface area (Å²) in [6.07, 6.45) is 1.20. The van der Waals surface area contributed by atoms with Gasteiger partial charge in [0.2, 0.25) is 0 Å². The van der Waals surface area contributed by atoms with Crippen molar-refractivity contribution in [2.24, 2.45) is 0 Å². The van der Waals surface area contributed by atoms with Crippen LogP contribution >= 0.6 is 11.6 Å². The normalized spacial score (nSPS) is 19.2. The van der Waals surface area contributed by atoms with E-state index in [2.05, 4.69) is 10.2 Å². The molecule has 0 unspecified atom stereocenters. The molecule has 1 atom stereocenters. The van der Waals surface area contributed by atoms with E-state index in [0.29, 0.717) is 25.3 Å². The van der Waals surface area contributed by atoms with Gasteiger partial charge in [0.1, 0.15) is 10.6 Å². The first-order chi connectivity index (χ1) is 10.2. The van der Waals surface area contributed by atoms with Crippen LogP contribution in [0.1, 0.15) is 27.7 Å². The third kappa shape index (κ3) is 3.71. The number of aromatic nitrogens is 2. The average Bonchev–Trinajstić information content (AvgIpc) is 2.39. The second-order valence-corrected chi connectivity index (χ2v) is 6.75. The molecule has 1 saturated heterocycles. The van der Waals surface area contributed by atoms with Crippen molar-refractivity contribution in [3.8, 4) is 0 Å². The lowest BCUT2D eigenvalue weighted by atomic mass is 10.2. The van der Waals surface area contributed by atoms with E-state index in [4.69, 9.17) is 16.3 Å². The fourth-order valence-electron chi connectivity index (χ4n) is 2.36. The molecule has 1 aliphatic heterocycles. The molecule has 0 bridgehead atoms. The fraction of sp³-hybridized carbons (Fsp3) is 0.643. The number of H-pyrrole nitrogens is 1. The van der Waals surface area contributed by atoms with E-state index in [1.807, 2.05) is 32.6 Å². The van der Waals surface area contributed by atoms with E-state index in [0.717, 1.165) is 0 Å². The predicted octanol–water partition coefficient (Wildman–Crippen LogP) is 1.87. The molecule has 0 saturated carbocycles. The van der Waals surface area contributed by atoms with Gasteiger partial charge in [0.05, 0.1) is 11.9 Å². The number of amides is 1. The quantitative estimate of drug-likeness (QED) is 0.851. The van der Waals surface area contributed by atoms with Gasteiger partial charge in [0.25, 0.3) is 5.56 Å². The Balaban J connectivity index is 2.08. The van der Waals surface area contributed by atoms with Crippen molar-refractivity contribution in [2.45, 2.75) is 39.3 Å². The molecular weight excluding hydrogens is 308 g/mol. The van der Waals surface area contributed by atoms with E-state index < -0.39 is 11.2 Å². The van der Waals surface area contributed by atoms with Gasteiger partial charge in [-0.05, 0) is 27.7 Å². The number of carbonyl (C=O) groups is 1. The minimum atomic E-state index is -0.520. The monoisotopic (exact) mass is 328 g/mol. The Kier molecular flexibility index (Phi) is 4.65. The maximum absolute atomic E-state index is 12.2. The van der Waals surface area contributed by atoms with Crippen LogP contribution < -0.4 is 10.5 Å². The summed E-state index contributed by atoms with van der Waals surface area (Å²) in [6, 6.07) is -0.0565. The molecule has 0 radical (unpaired) electrons. The van der Waals surface area contributed by atoms with Gasteiger partial charge in [0, 0.05) is 25.7 Å². The number of piperazine rings is 1. The number of aromatic amines is 1. The molecule has 0 spiro atoms. The minimum absolute atomic E-state index is 0.0565. The van der Waals surface area contributed by atoms with Crippen molar-refractivity contribution in [2.75, 3.05) is 24.5 Å². The molecular formula is C14H21ClN4O3. The minimum Gasteiger partial charge on any atom is -0.444 e. The Bertz CT molecular complexity index is 611. The SMILES string of the molecule is C[C@@H]1CN(c2cn[nH]c(=O)c2Cl)CCN1C(=O)OC(C)(C)C. The number of hydrogen-bond donors (Lipinski definition) is 1. The van der Waals surface area contributed by atoms with Crippen LogP contribution in [0.3, 0.4) is 0 Å². The first-order valence-electron chi connectivity index (χ1n) is 7.17. The number of nitrogens with zero attached hydrogens (tertiary/aromatic N) is 3. The van der Waals surface area contributed by atoms with Crippen LogP contribution in [0.25, 0.3) is 0 Å². The largest absolute Gasteiger partial charge is 0.444 e. The number of carbonyl (C=O) groups excluding carboxylic acids is 1. The zero-order valence-electron chi connectivity index (χ0n) is 13.2. The third-order valence-corrected chi connectivity index (χ3v) is 3.74. The van der Waals surface area contributed by atoms with Gasteiger partial charge < -0.3 is 14.5 Å². The van der Waals surface area contributed by atoms with Crippen LogP contribution in [-0.2, 0) is 4.74 Å². The molecule has 1 aliphatic rings. The van der Waals surface area contributed by atoms with Gasteiger partial charge in [-0.1, -0.05) is 11.6 Å². The molecule has 8 heteroatoms. The van der Waals surface area contributed by atoms with E-state index >= 15 is 0 Å². The molecule has 2 rings (SSSR count). The highest BCUT2D eigenvalue weighted by Gasteiger charge is 2.31. The third-order valence-electron chi connectivity index (χ3n) is 3.37. The summed E-state index contributed by atoms with van der Waals surface area (Å²) < 4.78 is 5.41. The number of rotatable bonds is 1. The Morgan fingerprint density at radius 3 is 2.73 bits per heavy atom. The smallest absolute Gasteiger partial charge is 0.410 e. The van der Waals surface area contributed by atoms with Crippen LogP contribution in [0.5, 0.6) is 0 Å². The second kappa shape index (κ2) is 6.16. The highest BCUT2D eigenvalue weighted by molar-refractivity contribution is 6.33. The fourth-order valence-corrected chi connectivity index (χ4v) is 2.57. The zero-order chi connectivity index (χ0) is 16.5. The summed E-state index contributed by atoms with van der Waals surface area (Å²) in [7, 11) is 0. The lowest BCUT2D eigenvalue weighted by molar-refractivity contribution is 0.0159. The average molecular weight is 329 g/mol. The number of ether oxygens (including phenoxy) is 1. The zero-order valence-corrected chi connectivity index (χ0v) is 14.0. The standard InChI is InChI=1S/C14H21ClN4O3/c1-9-8-18(10-7-16-17-12(20)11(10)15)5-6-19(9)13(21)22-14(2,3)4/h7,9H,5-6,8H2,1-4H3,(H,17,20)/t9-/m1/s1. The van der Waals surface area contributed by atoms with Gasteiger partial charge in [-0.2, -0.15) is 5.10 Å². The van der Waals surface area contributed by atoms with Crippen molar-refractivity contribution < 1.29 is 9.53 Å². The molecule has 7 nitrogen and oxygen atoms in total. The van der Waals surface area contributed by atoms with Crippen molar-refractivity contribution >= 4 is 23.4 Å². The van der Waals surface area contributed by atoms with Crippen molar-refractivity contribution in [3.63, 3.8) is 0 Å². The number of hydrogen-bond acceptors (Lipinski definition) is 5. The predicted molar refractivity (Wildman–Crippen MR) is 84.5 cm³/mol. The molecule has 1 fully saturated rings. The van der Waals surface area contributed by atoms with Crippen LogP contribution in [0.15, 0.2) is 11.0 Å². The molecule has 1 aromatic rings. The summed E-state index contributed by atoms with van der Waals surface area (Å²) in [5.41, 5.74) is -0.351. The molecule has 0 aliphatic carbocycles.